The molecule has 1 aliphatic heterocycles. The maximum Gasteiger partial charge on any atom is 0.257 e. The topological polar surface area (TPSA) is 54.3 Å². The van der Waals surface area contributed by atoms with Crippen LogP contribution in [0.2, 0.25) is 0 Å². The van der Waals surface area contributed by atoms with Crippen LogP contribution in [0.15, 0.2) is 39.0 Å². The monoisotopic (exact) mass is 365 g/mol. The summed E-state index contributed by atoms with van der Waals surface area (Å²) in [5.41, 5.74) is 1.20. The van der Waals surface area contributed by atoms with Crippen LogP contribution in [0.25, 0.3) is 0 Å². The molecule has 1 atom stereocenters. The molecule has 118 valence electrons. The minimum Gasteiger partial charge on any atom is -0.357 e. The van der Waals surface area contributed by atoms with Gasteiger partial charge in [-0.3, -0.25) is 4.79 Å². The summed E-state index contributed by atoms with van der Waals surface area (Å²) in [7, 11) is 1.66. The van der Waals surface area contributed by atoms with Crippen molar-refractivity contribution in [1.82, 2.24) is 5.01 Å². The van der Waals surface area contributed by atoms with E-state index in [-0.39, 0.29) is 11.3 Å². The fraction of sp³-hybridized carbons (Fsp3) is 0.438. The van der Waals surface area contributed by atoms with Crippen LogP contribution in [0.5, 0.6) is 5.75 Å². The van der Waals surface area contributed by atoms with Crippen LogP contribution < -0.4 is 4.84 Å². The molecule has 0 saturated heterocycles. The number of hydrogen-bond acceptors (Lipinski definition) is 4. The van der Waals surface area contributed by atoms with E-state index < -0.39 is 5.92 Å². The Bertz CT molecular complexity index is 630. The molecule has 2 rings (SSSR count). The second kappa shape index (κ2) is 6.20. The largest absolute Gasteiger partial charge is 0.357 e. The molecule has 0 N–H and O–H groups in total. The molecular formula is C16H20BrN3O2. The molecule has 0 fully saturated rings. The summed E-state index contributed by atoms with van der Waals surface area (Å²) >= 11 is 3.37. The first-order valence-electron chi connectivity index (χ1n) is 7.04. The molecule has 1 aromatic carbocycles. The Morgan fingerprint density at radius 3 is 2.45 bits per heavy atom. The molecule has 22 heavy (non-hydrogen) atoms. The average Bonchev–Trinajstić information content (AvgIpc) is 2.74. The predicted molar refractivity (Wildman–Crippen MR) is 91.0 cm³/mol. The van der Waals surface area contributed by atoms with Crippen LogP contribution in [-0.4, -0.2) is 29.4 Å². The van der Waals surface area contributed by atoms with Gasteiger partial charge in [0.1, 0.15) is 5.92 Å². The fourth-order valence-electron chi connectivity index (χ4n) is 2.20. The average molecular weight is 366 g/mol. The number of amides is 1. The molecule has 0 spiro atoms. The number of hydrogen-bond donors (Lipinski definition) is 0. The number of halogens is 1. The summed E-state index contributed by atoms with van der Waals surface area (Å²) in [6.45, 7) is 7.90. The van der Waals surface area contributed by atoms with Crippen molar-refractivity contribution in [2.45, 2.75) is 27.7 Å². The maximum absolute atomic E-state index is 12.3. The molecule has 0 radical (unpaired) electrons. The molecule has 6 heteroatoms. The minimum absolute atomic E-state index is 0.0782. The quantitative estimate of drug-likeness (QED) is 0.605. The third-order valence-electron chi connectivity index (χ3n) is 3.39. The highest BCUT2D eigenvalue weighted by Gasteiger charge is 2.41. The van der Waals surface area contributed by atoms with Crippen LogP contribution in [0.1, 0.15) is 27.7 Å². The van der Waals surface area contributed by atoms with Crippen molar-refractivity contribution in [2.24, 2.45) is 21.6 Å². The first-order valence-corrected chi connectivity index (χ1v) is 7.83. The summed E-state index contributed by atoms with van der Waals surface area (Å²) in [5.74, 6) is 0.0848. The van der Waals surface area contributed by atoms with E-state index in [0.29, 0.717) is 11.5 Å². The Balaban J connectivity index is 2.21. The van der Waals surface area contributed by atoms with Crippen molar-refractivity contribution >= 4 is 33.3 Å². The van der Waals surface area contributed by atoms with E-state index in [4.69, 9.17) is 4.84 Å². The number of rotatable bonds is 3. The number of oxime groups is 1. The number of benzene rings is 1. The first-order chi connectivity index (χ1) is 10.2. The Morgan fingerprint density at radius 1 is 1.32 bits per heavy atom. The zero-order valence-corrected chi connectivity index (χ0v) is 15.0. The number of hydrazone groups is 1. The molecule has 1 unspecified atom stereocenters. The lowest BCUT2D eigenvalue weighted by Gasteiger charge is -2.22. The van der Waals surface area contributed by atoms with E-state index in [1.54, 1.807) is 14.0 Å². The highest BCUT2D eigenvalue weighted by atomic mass is 79.9. The fourth-order valence-corrected chi connectivity index (χ4v) is 2.47. The van der Waals surface area contributed by atoms with Gasteiger partial charge in [0.05, 0.1) is 11.4 Å². The van der Waals surface area contributed by atoms with Crippen LogP contribution in [0.3, 0.4) is 0 Å². The van der Waals surface area contributed by atoms with Gasteiger partial charge in [-0.05, 0) is 31.2 Å². The van der Waals surface area contributed by atoms with Crippen LogP contribution >= 0.6 is 15.9 Å². The highest BCUT2D eigenvalue weighted by Crippen LogP contribution is 2.29. The SMILES string of the molecule is CC(=NOc1ccc(Br)cc1)C1C(=O)N(C)N=C1C(C)(C)C. The molecule has 0 aromatic heterocycles. The lowest BCUT2D eigenvalue weighted by Crippen LogP contribution is -2.36. The van der Waals surface area contributed by atoms with Crippen molar-refractivity contribution in [3.05, 3.63) is 28.7 Å². The minimum atomic E-state index is -0.458. The maximum atomic E-state index is 12.3. The van der Waals surface area contributed by atoms with Crippen molar-refractivity contribution < 1.29 is 9.63 Å². The van der Waals surface area contributed by atoms with Crippen molar-refractivity contribution in [3.63, 3.8) is 0 Å². The number of nitrogens with zero attached hydrogens (tertiary/aromatic N) is 3. The van der Waals surface area contributed by atoms with Crippen LogP contribution in [-0.2, 0) is 4.79 Å². The van der Waals surface area contributed by atoms with Crippen molar-refractivity contribution in [1.29, 1.82) is 0 Å². The zero-order chi connectivity index (χ0) is 16.5. The highest BCUT2D eigenvalue weighted by molar-refractivity contribution is 9.10. The summed E-state index contributed by atoms with van der Waals surface area (Å²) in [4.78, 5) is 17.7. The van der Waals surface area contributed by atoms with Crippen LogP contribution in [0, 0.1) is 11.3 Å². The molecular weight excluding hydrogens is 346 g/mol. The Morgan fingerprint density at radius 2 is 1.91 bits per heavy atom. The summed E-state index contributed by atoms with van der Waals surface area (Å²) in [5, 5.41) is 9.87. The van der Waals surface area contributed by atoms with Gasteiger partial charge in [-0.25, -0.2) is 5.01 Å². The van der Waals surface area contributed by atoms with Gasteiger partial charge in [0.2, 0.25) is 0 Å². The Kier molecular flexibility index (Phi) is 4.70. The zero-order valence-electron chi connectivity index (χ0n) is 13.4. The van der Waals surface area contributed by atoms with E-state index in [9.17, 15) is 4.79 Å². The van der Waals surface area contributed by atoms with E-state index in [0.717, 1.165) is 10.2 Å². The molecule has 1 aliphatic rings. The molecule has 1 aromatic rings. The van der Waals surface area contributed by atoms with Gasteiger partial charge in [0.15, 0.2) is 5.75 Å². The summed E-state index contributed by atoms with van der Waals surface area (Å²) in [6.07, 6.45) is 0. The Labute approximate surface area is 139 Å². The summed E-state index contributed by atoms with van der Waals surface area (Å²) in [6, 6.07) is 7.36. The lowest BCUT2D eigenvalue weighted by atomic mass is 9.80. The number of carbonyl (C=O) groups excluding carboxylic acids is 1. The second-order valence-electron chi connectivity index (χ2n) is 6.31. The second-order valence-corrected chi connectivity index (χ2v) is 7.22. The van der Waals surface area contributed by atoms with Crippen LogP contribution in [0.4, 0.5) is 0 Å². The van der Waals surface area contributed by atoms with E-state index in [2.05, 4.69) is 26.2 Å². The third-order valence-corrected chi connectivity index (χ3v) is 3.92. The molecule has 0 aliphatic carbocycles. The molecule has 1 heterocycles. The predicted octanol–water partition coefficient (Wildman–Crippen LogP) is 3.69. The summed E-state index contributed by atoms with van der Waals surface area (Å²) < 4.78 is 0.968. The molecule has 0 saturated carbocycles. The van der Waals surface area contributed by atoms with Gasteiger partial charge in [0, 0.05) is 16.9 Å². The molecule has 0 bridgehead atoms. The van der Waals surface area contributed by atoms with Crippen molar-refractivity contribution in [2.75, 3.05) is 7.05 Å². The lowest BCUT2D eigenvalue weighted by molar-refractivity contribution is -0.129. The standard InChI is InChI=1S/C16H20BrN3O2/c1-10(19-22-12-8-6-11(17)7-9-12)13-14(16(2,3)4)18-20(5)15(13)21/h6-9,13H,1-5H3. The van der Waals surface area contributed by atoms with Gasteiger partial charge in [-0.1, -0.05) is 41.9 Å². The van der Waals surface area contributed by atoms with Gasteiger partial charge in [-0.15, -0.1) is 0 Å². The number of carbonyl (C=O) groups is 1. The molecule has 5 nitrogen and oxygen atoms in total. The smallest absolute Gasteiger partial charge is 0.257 e. The van der Waals surface area contributed by atoms with Crippen molar-refractivity contribution in [3.8, 4) is 5.75 Å². The van der Waals surface area contributed by atoms with E-state index in [1.807, 2.05) is 45.0 Å². The molecule has 1 amide bonds. The van der Waals surface area contributed by atoms with Gasteiger partial charge in [-0.2, -0.15) is 5.10 Å². The van der Waals surface area contributed by atoms with E-state index in [1.165, 1.54) is 5.01 Å². The normalized spacial score (nSPS) is 19.5. The van der Waals surface area contributed by atoms with Gasteiger partial charge < -0.3 is 4.84 Å². The van der Waals surface area contributed by atoms with E-state index >= 15 is 0 Å². The Hall–Kier alpha value is -1.69. The van der Waals surface area contributed by atoms with Gasteiger partial charge >= 0.3 is 0 Å². The van der Waals surface area contributed by atoms with Gasteiger partial charge in [0.25, 0.3) is 5.91 Å². The third kappa shape index (κ3) is 3.55. The first kappa shape index (κ1) is 16.7.